The molecule has 2 aromatic carbocycles. The normalized spacial score (nSPS) is 17.2. The molecule has 2 aromatic rings. The lowest BCUT2D eigenvalue weighted by Gasteiger charge is -2.32. The number of rotatable bonds is 8. The van der Waals surface area contributed by atoms with Crippen molar-refractivity contribution < 1.29 is 17.9 Å². The fourth-order valence-corrected chi connectivity index (χ4v) is 6.15. The average molecular weight is 457 g/mol. The summed E-state index contributed by atoms with van der Waals surface area (Å²) < 4.78 is 33.4. The molecular formula is C25H32N2O4S. The Hall–Kier alpha value is -2.38. The maximum atomic E-state index is 13.1. The molecule has 0 N–H and O–H groups in total. The third-order valence-corrected chi connectivity index (χ3v) is 8.43. The zero-order chi connectivity index (χ0) is 22.6. The lowest BCUT2D eigenvalue weighted by molar-refractivity contribution is -0.135. The summed E-state index contributed by atoms with van der Waals surface area (Å²) in [7, 11) is -1.69. The van der Waals surface area contributed by atoms with Crippen molar-refractivity contribution >= 4 is 15.9 Å². The fourth-order valence-electron chi connectivity index (χ4n) is 4.63. The van der Waals surface area contributed by atoms with Gasteiger partial charge in [0.1, 0.15) is 5.75 Å². The second kappa shape index (κ2) is 10.0. The zero-order valence-corrected chi connectivity index (χ0v) is 19.5. The van der Waals surface area contributed by atoms with Gasteiger partial charge >= 0.3 is 0 Å². The van der Waals surface area contributed by atoms with Crippen molar-refractivity contribution in [3.63, 3.8) is 0 Å². The van der Waals surface area contributed by atoms with Gasteiger partial charge < -0.3 is 9.64 Å². The van der Waals surface area contributed by atoms with Crippen molar-refractivity contribution in [1.82, 2.24) is 9.21 Å². The first-order valence-corrected chi connectivity index (χ1v) is 12.9. The molecule has 0 unspecified atom stereocenters. The maximum Gasteiger partial charge on any atom is 0.243 e. The third kappa shape index (κ3) is 5.15. The van der Waals surface area contributed by atoms with Crippen molar-refractivity contribution in [2.75, 3.05) is 33.3 Å². The van der Waals surface area contributed by atoms with Crippen LogP contribution >= 0.6 is 0 Å². The van der Waals surface area contributed by atoms with Gasteiger partial charge in [0.05, 0.1) is 11.5 Å². The molecule has 6 nitrogen and oxygen atoms in total. The average Bonchev–Trinajstić information content (AvgIpc) is 3.30. The molecule has 7 heteroatoms. The Labute approximate surface area is 191 Å². The number of carbonyl (C=O) groups is 1. The van der Waals surface area contributed by atoms with Crippen LogP contribution in [0.4, 0.5) is 0 Å². The number of piperidine rings is 1. The smallest absolute Gasteiger partial charge is 0.243 e. The highest BCUT2D eigenvalue weighted by Gasteiger charge is 2.33. The second-order valence-electron chi connectivity index (χ2n) is 8.74. The Bertz CT molecular complexity index is 1030. The molecule has 1 saturated heterocycles. The second-order valence-corrected chi connectivity index (χ2v) is 10.7. The summed E-state index contributed by atoms with van der Waals surface area (Å²) in [6.07, 6.45) is 4.97. The molecule has 4 rings (SSSR count). The van der Waals surface area contributed by atoms with Crippen LogP contribution in [-0.4, -0.2) is 56.8 Å². The summed E-state index contributed by atoms with van der Waals surface area (Å²) >= 11 is 0. The van der Waals surface area contributed by atoms with Gasteiger partial charge in [-0.1, -0.05) is 24.3 Å². The van der Waals surface area contributed by atoms with Gasteiger partial charge in [0.2, 0.25) is 15.9 Å². The maximum absolute atomic E-state index is 13.1. The fraction of sp³-hybridized carbons (Fsp3) is 0.480. The quantitative estimate of drug-likeness (QED) is 0.570. The van der Waals surface area contributed by atoms with Gasteiger partial charge in [0.15, 0.2) is 0 Å². The number of aryl methyl sites for hydroxylation is 2. The predicted molar refractivity (Wildman–Crippen MR) is 124 cm³/mol. The summed E-state index contributed by atoms with van der Waals surface area (Å²) in [4.78, 5) is 15.0. The SMILES string of the molecule is CN(CCCOc1ccccc1)C(=O)C1CCN(S(=O)(=O)c2ccc3c(c2)CCC3)CC1. The van der Waals surface area contributed by atoms with E-state index in [0.29, 0.717) is 44.0 Å². The number of amides is 1. The van der Waals surface area contributed by atoms with E-state index in [2.05, 4.69) is 0 Å². The van der Waals surface area contributed by atoms with Crippen molar-refractivity contribution in [2.45, 2.75) is 43.4 Å². The minimum Gasteiger partial charge on any atom is -0.494 e. The molecule has 0 bridgehead atoms. The summed E-state index contributed by atoms with van der Waals surface area (Å²) in [5.74, 6) is 0.805. The molecule has 1 fully saturated rings. The van der Waals surface area contributed by atoms with E-state index < -0.39 is 10.0 Å². The van der Waals surface area contributed by atoms with Gasteiger partial charge in [0, 0.05) is 32.6 Å². The van der Waals surface area contributed by atoms with Crippen molar-refractivity contribution in [1.29, 1.82) is 0 Å². The number of para-hydroxylation sites is 1. The predicted octanol–water partition coefficient (Wildman–Crippen LogP) is 3.50. The van der Waals surface area contributed by atoms with E-state index in [1.807, 2.05) is 49.5 Å². The summed E-state index contributed by atoms with van der Waals surface area (Å²) in [6, 6.07) is 15.2. The number of hydrogen-bond donors (Lipinski definition) is 0. The molecule has 1 aliphatic heterocycles. The van der Waals surface area contributed by atoms with Gasteiger partial charge in [-0.15, -0.1) is 0 Å². The van der Waals surface area contributed by atoms with Crippen LogP contribution in [0.25, 0.3) is 0 Å². The van der Waals surface area contributed by atoms with E-state index in [1.165, 1.54) is 5.56 Å². The number of sulfonamides is 1. The number of hydrogen-bond acceptors (Lipinski definition) is 4. The van der Waals surface area contributed by atoms with Crippen LogP contribution in [-0.2, 0) is 27.7 Å². The van der Waals surface area contributed by atoms with E-state index in [4.69, 9.17) is 4.74 Å². The van der Waals surface area contributed by atoms with E-state index in [-0.39, 0.29) is 11.8 Å². The minimum absolute atomic E-state index is 0.0966. The Morgan fingerprint density at radius 1 is 1.06 bits per heavy atom. The molecule has 1 heterocycles. The van der Waals surface area contributed by atoms with Gasteiger partial charge in [-0.25, -0.2) is 8.42 Å². The van der Waals surface area contributed by atoms with E-state index in [0.717, 1.165) is 37.0 Å². The topological polar surface area (TPSA) is 66.9 Å². The molecule has 0 spiro atoms. The van der Waals surface area contributed by atoms with Crippen molar-refractivity contribution in [2.24, 2.45) is 5.92 Å². The van der Waals surface area contributed by atoms with Crippen LogP contribution in [0.5, 0.6) is 5.75 Å². The Morgan fingerprint density at radius 2 is 1.78 bits per heavy atom. The molecule has 32 heavy (non-hydrogen) atoms. The minimum atomic E-state index is -3.51. The highest BCUT2D eigenvalue weighted by atomic mass is 32.2. The highest BCUT2D eigenvalue weighted by molar-refractivity contribution is 7.89. The molecule has 172 valence electrons. The molecule has 1 amide bonds. The summed E-state index contributed by atoms with van der Waals surface area (Å²) in [6.45, 7) is 1.96. The van der Waals surface area contributed by atoms with Gasteiger partial charge in [0.25, 0.3) is 0 Å². The first-order chi connectivity index (χ1) is 15.4. The van der Waals surface area contributed by atoms with E-state index in [1.54, 1.807) is 15.3 Å². The van der Waals surface area contributed by atoms with Crippen LogP contribution in [0.3, 0.4) is 0 Å². The van der Waals surface area contributed by atoms with Gasteiger partial charge in [-0.05, 0) is 73.9 Å². The van der Waals surface area contributed by atoms with Crippen LogP contribution in [0, 0.1) is 5.92 Å². The third-order valence-electron chi connectivity index (χ3n) is 6.54. The molecule has 0 atom stereocenters. The standard InChI is InChI=1S/C25H32N2O4S/c1-26(15-6-18-31-23-9-3-2-4-10-23)25(28)21-13-16-27(17-14-21)32(29,30)24-12-11-20-7-5-8-22(20)19-24/h2-4,9-12,19,21H,5-8,13-18H2,1H3. The first kappa shape index (κ1) is 22.8. The molecule has 2 aliphatic rings. The largest absolute Gasteiger partial charge is 0.494 e. The molecule has 1 aliphatic carbocycles. The van der Waals surface area contributed by atoms with Gasteiger partial charge in [-0.3, -0.25) is 4.79 Å². The number of fused-ring (bicyclic) bond motifs is 1. The first-order valence-electron chi connectivity index (χ1n) is 11.5. The van der Waals surface area contributed by atoms with E-state index in [9.17, 15) is 13.2 Å². The van der Waals surface area contributed by atoms with Gasteiger partial charge in [-0.2, -0.15) is 4.31 Å². The van der Waals surface area contributed by atoms with Crippen LogP contribution in [0.2, 0.25) is 0 Å². The van der Waals surface area contributed by atoms with Crippen molar-refractivity contribution in [3.05, 3.63) is 59.7 Å². The molecule has 0 aromatic heterocycles. The van der Waals surface area contributed by atoms with Crippen molar-refractivity contribution in [3.8, 4) is 5.75 Å². The van der Waals surface area contributed by atoms with Crippen LogP contribution in [0.1, 0.15) is 36.8 Å². The lowest BCUT2D eigenvalue weighted by atomic mass is 9.96. The number of carbonyl (C=O) groups excluding carboxylic acids is 1. The Morgan fingerprint density at radius 3 is 2.53 bits per heavy atom. The van der Waals surface area contributed by atoms with Crippen LogP contribution in [0.15, 0.2) is 53.4 Å². The Kier molecular flexibility index (Phi) is 7.16. The highest BCUT2D eigenvalue weighted by Crippen LogP contribution is 2.29. The number of benzene rings is 2. The molecule has 0 saturated carbocycles. The zero-order valence-electron chi connectivity index (χ0n) is 18.7. The Balaban J connectivity index is 1.25. The van der Waals surface area contributed by atoms with Crippen LogP contribution < -0.4 is 4.74 Å². The monoisotopic (exact) mass is 456 g/mol. The summed E-state index contributed by atoms with van der Waals surface area (Å²) in [5, 5.41) is 0. The molecular weight excluding hydrogens is 424 g/mol. The van der Waals surface area contributed by atoms with E-state index >= 15 is 0 Å². The number of ether oxygens (including phenoxy) is 1. The number of nitrogens with zero attached hydrogens (tertiary/aromatic N) is 2. The summed E-state index contributed by atoms with van der Waals surface area (Å²) in [5.41, 5.74) is 2.43. The molecule has 0 radical (unpaired) electrons. The lowest BCUT2D eigenvalue weighted by Crippen LogP contribution is -2.43.